The highest BCUT2D eigenvalue weighted by atomic mass is 32.1. The Morgan fingerprint density at radius 1 is 1.21 bits per heavy atom. The predicted molar refractivity (Wildman–Crippen MR) is 105 cm³/mol. The van der Waals surface area contributed by atoms with Gasteiger partial charge in [-0.1, -0.05) is 30.3 Å². The number of carbonyl (C=O) groups is 3. The van der Waals surface area contributed by atoms with Crippen LogP contribution in [0.15, 0.2) is 35.7 Å². The number of nitrogens with zero attached hydrogens (tertiary/aromatic N) is 2. The monoisotopic (exact) mass is 402 g/mol. The molecule has 1 aliphatic heterocycles. The van der Waals surface area contributed by atoms with Crippen LogP contribution in [0.1, 0.15) is 23.3 Å². The van der Waals surface area contributed by atoms with Gasteiger partial charge in [0, 0.05) is 43.5 Å². The van der Waals surface area contributed by atoms with Crippen LogP contribution in [0.4, 0.5) is 0 Å². The van der Waals surface area contributed by atoms with Crippen LogP contribution in [0.2, 0.25) is 0 Å². The fourth-order valence-electron chi connectivity index (χ4n) is 2.95. The van der Waals surface area contributed by atoms with Gasteiger partial charge in [-0.15, -0.1) is 11.3 Å². The molecule has 0 aliphatic carbocycles. The van der Waals surface area contributed by atoms with Gasteiger partial charge in [-0.2, -0.15) is 0 Å². The van der Waals surface area contributed by atoms with E-state index >= 15 is 0 Å². The summed E-state index contributed by atoms with van der Waals surface area (Å²) in [6, 6.07) is 8.62. The summed E-state index contributed by atoms with van der Waals surface area (Å²) >= 11 is 1.34. The van der Waals surface area contributed by atoms with Crippen LogP contribution in [0, 0.1) is 0 Å². The third-order valence-electron chi connectivity index (χ3n) is 4.44. The van der Waals surface area contributed by atoms with Crippen LogP contribution in [0.3, 0.4) is 0 Å². The van der Waals surface area contributed by atoms with Crippen molar-refractivity contribution in [3.05, 3.63) is 41.4 Å². The van der Waals surface area contributed by atoms with Gasteiger partial charge in [0.1, 0.15) is 16.7 Å². The first-order valence-electron chi connectivity index (χ1n) is 9.07. The maximum atomic E-state index is 12.8. The van der Waals surface area contributed by atoms with Crippen LogP contribution >= 0.6 is 11.3 Å². The number of hydrogen-bond donors (Lipinski definition) is 3. The average molecular weight is 402 g/mol. The maximum Gasteiger partial charge on any atom is 0.303 e. The molecule has 1 fully saturated rings. The third kappa shape index (κ3) is 5.14. The Balaban J connectivity index is 1.70. The topological polar surface area (TPSA) is 112 Å². The van der Waals surface area contributed by atoms with Crippen molar-refractivity contribution >= 4 is 29.1 Å². The van der Waals surface area contributed by atoms with Gasteiger partial charge in [-0.25, -0.2) is 4.98 Å². The van der Waals surface area contributed by atoms with Crippen molar-refractivity contribution in [3.63, 3.8) is 0 Å². The first-order valence-corrected chi connectivity index (χ1v) is 9.95. The molecular weight excluding hydrogens is 380 g/mol. The van der Waals surface area contributed by atoms with Crippen LogP contribution in [-0.4, -0.2) is 65.0 Å². The Morgan fingerprint density at radius 2 is 1.93 bits per heavy atom. The molecule has 1 aromatic heterocycles. The number of thiazole rings is 1. The van der Waals surface area contributed by atoms with E-state index < -0.39 is 17.9 Å². The fourth-order valence-corrected chi connectivity index (χ4v) is 3.76. The lowest BCUT2D eigenvalue weighted by Crippen LogP contribution is -2.54. The second-order valence-corrected chi connectivity index (χ2v) is 7.30. The molecule has 3 rings (SSSR count). The molecule has 9 heteroatoms. The largest absolute Gasteiger partial charge is 0.481 e. The van der Waals surface area contributed by atoms with E-state index in [2.05, 4.69) is 15.6 Å². The molecule has 148 valence electrons. The number of aliphatic carboxylic acids is 1. The van der Waals surface area contributed by atoms with Crippen LogP contribution in [0.5, 0.6) is 0 Å². The number of amides is 2. The van der Waals surface area contributed by atoms with E-state index in [-0.39, 0.29) is 24.4 Å². The lowest BCUT2D eigenvalue weighted by molar-refractivity contribution is -0.138. The Kier molecular flexibility index (Phi) is 6.72. The van der Waals surface area contributed by atoms with E-state index in [9.17, 15) is 14.4 Å². The molecule has 3 N–H and O–H groups in total. The van der Waals surface area contributed by atoms with Crippen molar-refractivity contribution in [3.8, 4) is 10.6 Å². The molecule has 28 heavy (non-hydrogen) atoms. The number of rotatable bonds is 7. The summed E-state index contributed by atoms with van der Waals surface area (Å²) in [5.41, 5.74) is 1.13. The lowest BCUT2D eigenvalue weighted by Gasteiger charge is -2.31. The molecule has 1 atom stereocenters. The van der Waals surface area contributed by atoms with Gasteiger partial charge in [0.2, 0.25) is 5.91 Å². The summed E-state index contributed by atoms with van der Waals surface area (Å²) < 4.78 is 0. The number of hydrogen-bond acceptors (Lipinski definition) is 6. The number of benzene rings is 1. The van der Waals surface area contributed by atoms with E-state index in [0.29, 0.717) is 31.2 Å². The lowest BCUT2D eigenvalue weighted by atomic mass is 10.1. The normalized spacial score (nSPS) is 15.1. The van der Waals surface area contributed by atoms with Gasteiger partial charge < -0.3 is 20.6 Å². The van der Waals surface area contributed by atoms with E-state index in [1.54, 1.807) is 10.3 Å². The van der Waals surface area contributed by atoms with Gasteiger partial charge in [0.25, 0.3) is 5.91 Å². The van der Waals surface area contributed by atoms with Gasteiger partial charge >= 0.3 is 5.97 Å². The molecule has 0 saturated carbocycles. The van der Waals surface area contributed by atoms with Crippen molar-refractivity contribution < 1.29 is 19.5 Å². The van der Waals surface area contributed by atoms with E-state index in [4.69, 9.17) is 5.11 Å². The van der Waals surface area contributed by atoms with Gasteiger partial charge in [0.15, 0.2) is 0 Å². The summed E-state index contributed by atoms with van der Waals surface area (Å²) in [6.07, 6.45) is -0.158. The molecule has 0 bridgehead atoms. The fraction of sp³-hybridized carbons (Fsp3) is 0.368. The van der Waals surface area contributed by atoms with E-state index in [1.165, 1.54) is 11.3 Å². The molecule has 0 spiro atoms. The minimum absolute atomic E-state index is 0.0412. The molecule has 2 amide bonds. The van der Waals surface area contributed by atoms with Crippen LogP contribution in [-0.2, 0) is 9.59 Å². The molecule has 0 unspecified atom stereocenters. The zero-order valence-corrected chi connectivity index (χ0v) is 16.1. The molecule has 1 aromatic carbocycles. The Labute approximate surface area is 166 Å². The highest BCUT2D eigenvalue weighted by Crippen LogP contribution is 2.23. The summed E-state index contributed by atoms with van der Waals surface area (Å²) in [7, 11) is 0. The number of piperazine rings is 1. The molecule has 1 saturated heterocycles. The first kappa shape index (κ1) is 20.0. The minimum atomic E-state index is -1.01. The maximum absolute atomic E-state index is 12.8. The zero-order chi connectivity index (χ0) is 19.9. The molecule has 0 radical (unpaired) electrons. The molecule has 2 heterocycles. The average Bonchev–Trinajstić information content (AvgIpc) is 3.22. The highest BCUT2D eigenvalue weighted by Gasteiger charge is 2.28. The van der Waals surface area contributed by atoms with Crippen molar-refractivity contribution in [2.45, 2.75) is 18.9 Å². The molecular formula is C19H22N4O4S. The summed E-state index contributed by atoms with van der Waals surface area (Å²) in [5.74, 6) is -1.74. The first-order chi connectivity index (χ1) is 13.5. The predicted octanol–water partition coefficient (Wildman–Crippen LogP) is 1.21. The standard InChI is InChI=1S/C19H22N4O4S/c24-16(25)7-6-14(19(27)23-10-8-20-9-11-23)21-17(26)15-12-28-18(22-15)13-4-2-1-3-5-13/h1-5,12,14,20H,6-11H2,(H,21,26)(H,24,25)/t14-/m0/s1. The van der Waals surface area contributed by atoms with Crippen LogP contribution in [0.25, 0.3) is 10.6 Å². The summed E-state index contributed by atoms with van der Waals surface area (Å²) in [6.45, 7) is 2.43. The zero-order valence-electron chi connectivity index (χ0n) is 15.3. The Morgan fingerprint density at radius 3 is 2.61 bits per heavy atom. The second kappa shape index (κ2) is 9.43. The van der Waals surface area contributed by atoms with Gasteiger partial charge in [0.05, 0.1) is 0 Å². The quantitative estimate of drug-likeness (QED) is 0.642. The van der Waals surface area contributed by atoms with Gasteiger partial charge in [-0.05, 0) is 6.42 Å². The van der Waals surface area contributed by atoms with Crippen molar-refractivity contribution in [1.29, 1.82) is 0 Å². The Bertz CT molecular complexity index is 833. The number of carboxylic acids is 1. The highest BCUT2D eigenvalue weighted by molar-refractivity contribution is 7.13. The number of nitrogens with one attached hydrogen (secondary N) is 2. The SMILES string of the molecule is O=C(O)CC[C@H](NC(=O)c1csc(-c2ccccc2)n1)C(=O)N1CCNCC1. The van der Waals surface area contributed by atoms with Crippen molar-refractivity contribution in [1.82, 2.24) is 20.5 Å². The van der Waals surface area contributed by atoms with Gasteiger partial charge in [-0.3, -0.25) is 14.4 Å². The molecule has 1 aliphatic rings. The smallest absolute Gasteiger partial charge is 0.303 e. The van der Waals surface area contributed by atoms with Crippen molar-refractivity contribution in [2.75, 3.05) is 26.2 Å². The second-order valence-electron chi connectivity index (χ2n) is 6.44. The number of carbonyl (C=O) groups excluding carboxylic acids is 2. The molecule has 8 nitrogen and oxygen atoms in total. The van der Waals surface area contributed by atoms with Crippen LogP contribution < -0.4 is 10.6 Å². The number of aromatic nitrogens is 1. The summed E-state index contributed by atoms with van der Waals surface area (Å²) in [5, 5.41) is 17.2. The third-order valence-corrected chi connectivity index (χ3v) is 5.33. The van der Waals surface area contributed by atoms with E-state index in [0.717, 1.165) is 5.56 Å². The number of carboxylic acid groups (broad SMARTS) is 1. The van der Waals surface area contributed by atoms with Crippen molar-refractivity contribution in [2.24, 2.45) is 0 Å². The summed E-state index contributed by atoms with van der Waals surface area (Å²) in [4.78, 5) is 42.4. The van der Waals surface area contributed by atoms with E-state index in [1.807, 2.05) is 30.3 Å². The Hall–Kier alpha value is -2.78. The minimum Gasteiger partial charge on any atom is -0.481 e. The molecule has 2 aromatic rings.